The van der Waals surface area contributed by atoms with Crippen LogP contribution < -0.4 is 5.32 Å². The number of ether oxygens (including phenoxy) is 1. The lowest BCUT2D eigenvalue weighted by molar-refractivity contribution is 0.0492. The van der Waals surface area contributed by atoms with Crippen LogP contribution in [0.1, 0.15) is 13.3 Å². The van der Waals surface area contributed by atoms with E-state index in [1.807, 2.05) is 6.92 Å². The molecule has 1 atom stereocenters. The average Bonchev–Trinajstić information content (AvgIpc) is 1.97. The molecular weight excluding hydrogens is 152 g/mol. The van der Waals surface area contributed by atoms with Crippen LogP contribution in [0.4, 0.5) is 8.78 Å². The van der Waals surface area contributed by atoms with Crippen molar-refractivity contribution in [3.8, 4) is 0 Å². The van der Waals surface area contributed by atoms with Gasteiger partial charge in [0, 0.05) is 7.11 Å². The summed E-state index contributed by atoms with van der Waals surface area (Å²) in [5.41, 5.74) is 0. The summed E-state index contributed by atoms with van der Waals surface area (Å²) in [5, 5.41) is 2.69. The van der Waals surface area contributed by atoms with Gasteiger partial charge in [-0.2, -0.15) is 0 Å². The van der Waals surface area contributed by atoms with Crippen LogP contribution in [0, 0.1) is 0 Å². The van der Waals surface area contributed by atoms with Crippen LogP contribution in [0.25, 0.3) is 0 Å². The number of alkyl halides is 2. The number of hydrogen-bond acceptors (Lipinski definition) is 2. The summed E-state index contributed by atoms with van der Waals surface area (Å²) >= 11 is 0. The van der Waals surface area contributed by atoms with Crippen LogP contribution >= 0.6 is 0 Å². The zero-order valence-electron chi connectivity index (χ0n) is 6.94. The molecule has 0 aromatic carbocycles. The molecule has 0 bridgehead atoms. The first-order chi connectivity index (χ1) is 5.22. The quantitative estimate of drug-likeness (QED) is 0.643. The Kier molecular flexibility index (Phi) is 6.36. The maximum Gasteiger partial charge on any atom is 0.255 e. The Morgan fingerprint density at radius 2 is 2.09 bits per heavy atom. The summed E-state index contributed by atoms with van der Waals surface area (Å²) in [4.78, 5) is 0. The molecule has 0 saturated carbocycles. The van der Waals surface area contributed by atoms with Crippen LogP contribution in [-0.2, 0) is 4.74 Å². The molecule has 0 spiro atoms. The number of halogens is 2. The Labute approximate surface area is 65.9 Å². The van der Waals surface area contributed by atoms with Crippen molar-refractivity contribution in [3.05, 3.63) is 0 Å². The van der Waals surface area contributed by atoms with E-state index in [1.54, 1.807) is 0 Å². The summed E-state index contributed by atoms with van der Waals surface area (Å²) in [6.07, 6.45) is -1.49. The van der Waals surface area contributed by atoms with E-state index in [9.17, 15) is 8.78 Å². The van der Waals surface area contributed by atoms with E-state index in [2.05, 4.69) is 10.1 Å². The molecule has 0 aliphatic carbocycles. The molecular formula is C7H15F2NO. The Hall–Kier alpha value is -0.220. The number of rotatable bonds is 6. The first-order valence-corrected chi connectivity index (χ1v) is 3.72. The van der Waals surface area contributed by atoms with Crippen molar-refractivity contribution in [2.45, 2.75) is 25.8 Å². The predicted molar refractivity (Wildman–Crippen MR) is 40.0 cm³/mol. The monoisotopic (exact) mass is 167 g/mol. The first kappa shape index (κ1) is 10.8. The molecule has 1 N–H and O–H groups in total. The largest absolute Gasteiger partial charge is 0.383 e. The maximum absolute atomic E-state index is 12.1. The van der Waals surface area contributed by atoms with E-state index in [0.29, 0.717) is 6.54 Å². The lowest BCUT2D eigenvalue weighted by Crippen LogP contribution is -2.39. The Morgan fingerprint density at radius 3 is 2.45 bits per heavy atom. The molecule has 2 nitrogen and oxygen atoms in total. The van der Waals surface area contributed by atoms with Gasteiger partial charge in [-0.05, 0) is 13.0 Å². The Morgan fingerprint density at radius 1 is 1.45 bits per heavy atom. The smallest absolute Gasteiger partial charge is 0.255 e. The van der Waals surface area contributed by atoms with Gasteiger partial charge in [0.25, 0.3) is 6.43 Å². The van der Waals surface area contributed by atoms with Gasteiger partial charge in [0.15, 0.2) is 0 Å². The molecule has 0 saturated heterocycles. The van der Waals surface area contributed by atoms with Crippen molar-refractivity contribution in [3.63, 3.8) is 0 Å². The van der Waals surface area contributed by atoms with E-state index >= 15 is 0 Å². The second-order valence-electron chi connectivity index (χ2n) is 2.35. The van der Waals surface area contributed by atoms with Crippen LogP contribution in [0.2, 0.25) is 0 Å². The molecule has 0 rings (SSSR count). The fourth-order valence-electron chi connectivity index (χ4n) is 0.730. The van der Waals surface area contributed by atoms with Crippen LogP contribution in [-0.4, -0.2) is 32.7 Å². The molecule has 68 valence electrons. The Balaban J connectivity index is 3.51. The van der Waals surface area contributed by atoms with Crippen molar-refractivity contribution in [1.82, 2.24) is 5.32 Å². The van der Waals surface area contributed by atoms with Gasteiger partial charge in [-0.25, -0.2) is 8.78 Å². The molecule has 0 aliphatic heterocycles. The van der Waals surface area contributed by atoms with Gasteiger partial charge in [0.2, 0.25) is 0 Å². The number of methoxy groups -OCH3 is 1. The van der Waals surface area contributed by atoms with Gasteiger partial charge in [0.05, 0.1) is 12.6 Å². The van der Waals surface area contributed by atoms with Crippen molar-refractivity contribution in [1.29, 1.82) is 0 Å². The number of nitrogens with one attached hydrogen (secondary N) is 1. The minimum Gasteiger partial charge on any atom is -0.383 e. The third-order valence-corrected chi connectivity index (χ3v) is 1.31. The molecule has 1 unspecified atom stereocenters. The average molecular weight is 167 g/mol. The molecule has 4 heteroatoms. The molecule has 0 heterocycles. The van der Waals surface area contributed by atoms with Gasteiger partial charge in [0.1, 0.15) is 0 Å². The molecule has 0 radical (unpaired) electrons. The molecule has 0 aromatic heterocycles. The van der Waals surface area contributed by atoms with E-state index in [4.69, 9.17) is 0 Å². The minimum atomic E-state index is -2.35. The van der Waals surface area contributed by atoms with Crippen molar-refractivity contribution < 1.29 is 13.5 Å². The van der Waals surface area contributed by atoms with Gasteiger partial charge in [-0.1, -0.05) is 6.92 Å². The maximum atomic E-state index is 12.1. The van der Waals surface area contributed by atoms with Gasteiger partial charge in [-0.3, -0.25) is 0 Å². The molecule has 0 amide bonds. The highest BCUT2D eigenvalue weighted by Gasteiger charge is 2.18. The van der Waals surface area contributed by atoms with E-state index in [1.165, 1.54) is 7.11 Å². The lowest BCUT2D eigenvalue weighted by Gasteiger charge is -2.15. The third kappa shape index (κ3) is 5.09. The minimum absolute atomic E-state index is 0.0671. The predicted octanol–water partition coefficient (Wildman–Crippen LogP) is 1.27. The second-order valence-corrected chi connectivity index (χ2v) is 2.35. The van der Waals surface area contributed by atoms with Crippen LogP contribution in [0.3, 0.4) is 0 Å². The second kappa shape index (κ2) is 6.49. The topological polar surface area (TPSA) is 21.3 Å². The zero-order chi connectivity index (χ0) is 8.69. The standard InChI is InChI=1S/C7H15F2NO/c1-3-4-10-6(5-11-2)7(8)9/h6-7,10H,3-5H2,1-2H3. The number of hydrogen-bond donors (Lipinski definition) is 1. The summed E-state index contributed by atoms with van der Waals surface area (Å²) in [6.45, 7) is 2.61. The summed E-state index contributed by atoms with van der Waals surface area (Å²) in [7, 11) is 1.42. The highest BCUT2D eigenvalue weighted by molar-refractivity contribution is 4.67. The van der Waals surface area contributed by atoms with Gasteiger partial charge in [-0.15, -0.1) is 0 Å². The highest BCUT2D eigenvalue weighted by atomic mass is 19.3. The van der Waals surface area contributed by atoms with E-state index < -0.39 is 12.5 Å². The SMILES string of the molecule is CCCNC(COC)C(F)F. The molecule has 0 aromatic rings. The van der Waals surface area contributed by atoms with Gasteiger partial charge >= 0.3 is 0 Å². The van der Waals surface area contributed by atoms with Crippen molar-refractivity contribution in [2.75, 3.05) is 20.3 Å². The lowest BCUT2D eigenvalue weighted by atomic mass is 10.3. The first-order valence-electron chi connectivity index (χ1n) is 3.72. The van der Waals surface area contributed by atoms with E-state index in [0.717, 1.165) is 6.42 Å². The molecule has 0 aliphatic rings. The Bertz CT molecular complexity index is 90.5. The summed E-state index contributed by atoms with van der Waals surface area (Å²) in [5.74, 6) is 0. The molecule has 11 heavy (non-hydrogen) atoms. The van der Waals surface area contributed by atoms with E-state index in [-0.39, 0.29) is 6.61 Å². The van der Waals surface area contributed by atoms with Crippen molar-refractivity contribution >= 4 is 0 Å². The summed E-state index contributed by atoms with van der Waals surface area (Å²) in [6, 6.07) is -0.819. The molecule has 0 fully saturated rings. The summed E-state index contributed by atoms with van der Waals surface area (Å²) < 4.78 is 28.8. The van der Waals surface area contributed by atoms with Crippen LogP contribution in [0.5, 0.6) is 0 Å². The third-order valence-electron chi connectivity index (χ3n) is 1.31. The fourth-order valence-corrected chi connectivity index (χ4v) is 0.730. The normalized spacial score (nSPS) is 13.9. The van der Waals surface area contributed by atoms with Gasteiger partial charge < -0.3 is 10.1 Å². The highest BCUT2D eigenvalue weighted by Crippen LogP contribution is 2.00. The van der Waals surface area contributed by atoms with Crippen molar-refractivity contribution in [2.24, 2.45) is 0 Å². The fraction of sp³-hybridized carbons (Fsp3) is 1.00. The van der Waals surface area contributed by atoms with Crippen LogP contribution in [0.15, 0.2) is 0 Å². The zero-order valence-corrected chi connectivity index (χ0v) is 6.94.